The van der Waals surface area contributed by atoms with Crippen LogP contribution in [0, 0.1) is 5.82 Å². The molecule has 0 saturated heterocycles. The van der Waals surface area contributed by atoms with Crippen molar-refractivity contribution in [3.8, 4) is 17.2 Å². The second-order valence-corrected chi connectivity index (χ2v) is 4.37. The van der Waals surface area contributed by atoms with Crippen LogP contribution in [-0.2, 0) is 4.74 Å². The monoisotopic (exact) mass is 306 g/mol. The number of hydrogen-bond donors (Lipinski definition) is 3. The highest BCUT2D eigenvalue weighted by atomic mass is 19.1. The van der Waals surface area contributed by atoms with Gasteiger partial charge in [0.25, 0.3) is 0 Å². The molecule has 0 aromatic heterocycles. The van der Waals surface area contributed by atoms with Crippen molar-refractivity contribution >= 4 is 11.8 Å². The first-order chi connectivity index (χ1) is 10.4. The van der Waals surface area contributed by atoms with Gasteiger partial charge in [-0.25, -0.2) is 9.18 Å². The first-order valence-corrected chi connectivity index (χ1v) is 6.09. The van der Waals surface area contributed by atoms with Gasteiger partial charge in [0.05, 0.1) is 5.56 Å². The number of ether oxygens (including phenoxy) is 1. The van der Waals surface area contributed by atoms with E-state index in [2.05, 4.69) is 0 Å². The van der Waals surface area contributed by atoms with Crippen LogP contribution in [0.5, 0.6) is 17.2 Å². The van der Waals surface area contributed by atoms with E-state index in [9.17, 15) is 24.2 Å². The molecule has 2 aromatic carbocycles. The van der Waals surface area contributed by atoms with E-state index in [1.165, 1.54) is 12.1 Å². The third-order valence-electron chi connectivity index (χ3n) is 2.81. The van der Waals surface area contributed by atoms with Crippen LogP contribution < -0.4 is 0 Å². The van der Waals surface area contributed by atoms with Crippen LogP contribution in [0.15, 0.2) is 36.4 Å². The molecule has 0 bridgehead atoms. The molecule has 0 aliphatic heterocycles. The highest BCUT2D eigenvalue weighted by Crippen LogP contribution is 2.35. The molecule has 0 aliphatic carbocycles. The molecule has 0 radical (unpaired) electrons. The van der Waals surface area contributed by atoms with Gasteiger partial charge >= 0.3 is 5.97 Å². The summed E-state index contributed by atoms with van der Waals surface area (Å²) in [5.74, 6) is -4.17. The lowest BCUT2D eigenvalue weighted by atomic mass is 10.1. The number of carbonyl (C=O) groups excluding carboxylic acids is 2. The predicted molar refractivity (Wildman–Crippen MR) is 72.4 cm³/mol. The molecule has 0 atom stereocenters. The minimum atomic E-state index is -0.971. The summed E-state index contributed by atoms with van der Waals surface area (Å²) < 4.78 is 17.5. The lowest BCUT2D eigenvalue weighted by Crippen LogP contribution is -2.14. The highest BCUT2D eigenvalue weighted by Gasteiger charge is 2.16. The Morgan fingerprint density at radius 3 is 2.05 bits per heavy atom. The van der Waals surface area contributed by atoms with E-state index in [4.69, 9.17) is 9.84 Å². The maximum absolute atomic E-state index is 12.7. The molecule has 0 spiro atoms. The topological polar surface area (TPSA) is 104 Å². The van der Waals surface area contributed by atoms with Crippen LogP contribution in [0.4, 0.5) is 4.39 Å². The van der Waals surface area contributed by atoms with E-state index in [1.54, 1.807) is 0 Å². The van der Waals surface area contributed by atoms with Crippen molar-refractivity contribution in [3.63, 3.8) is 0 Å². The molecule has 0 fully saturated rings. The molecule has 0 aliphatic rings. The molecule has 114 valence electrons. The molecule has 2 rings (SSSR count). The number of rotatable bonds is 4. The van der Waals surface area contributed by atoms with Crippen molar-refractivity contribution in [3.05, 3.63) is 53.3 Å². The number of phenolic OH excluding ortho intramolecular Hbond substituents is 3. The zero-order valence-electron chi connectivity index (χ0n) is 11.1. The lowest BCUT2D eigenvalue weighted by Gasteiger charge is -2.07. The summed E-state index contributed by atoms with van der Waals surface area (Å²) in [5, 5.41) is 27.7. The van der Waals surface area contributed by atoms with Crippen molar-refractivity contribution in [2.45, 2.75) is 0 Å². The number of carbonyl (C=O) groups is 2. The maximum Gasteiger partial charge on any atom is 0.338 e. The van der Waals surface area contributed by atoms with E-state index in [0.29, 0.717) is 0 Å². The van der Waals surface area contributed by atoms with Gasteiger partial charge in [0, 0.05) is 5.56 Å². The van der Waals surface area contributed by atoms with Gasteiger partial charge in [0.15, 0.2) is 29.6 Å². The van der Waals surface area contributed by atoms with Crippen molar-refractivity contribution in [1.82, 2.24) is 0 Å². The predicted octanol–water partition coefficient (Wildman–Crippen LogP) is 1.98. The first-order valence-electron chi connectivity index (χ1n) is 6.09. The largest absolute Gasteiger partial charge is 0.504 e. The quantitative estimate of drug-likeness (QED) is 0.453. The molecule has 0 saturated carbocycles. The molecule has 0 heterocycles. The molecule has 0 amide bonds. The van der Waals surface area contributed by atoms with Gasteiger partial charge in [-0.15, -0.1) is 0 Å². The third-order valence-corrected chi connectivity index (χ3v) is 2.81. The number of hydrogen-bond acceptors (Lipinski definition) is 6. The second-order valence-electron chi connectivity index (χ2n) is 4.37. The van der Waals surface area contributed by atoms with Gasteiger partial charge in [-0.3, -0.25) is 4.79 Å². The zero-order chi connectivity index (χ0) is 16.3. The average molecular weight is 306 g/mol. The van der Waals surface area contributed by atoms with E-state index in [0.717, 1.165) is 24.3 Å². The number of ketones is 1. The summed E-state index contributed by atoms with van der Waals surface area (Å²) in [6.07, 6.45) is 0. The van der Waals surface area contributed by atoms with E-state index < -0.39 is 41.4 Å². The normalized spacial score (nSPS) is 10.2. The minimum Gasteiger partial charge on any atom is -0.504 e. The van der Waals surface area contributed by atoms with Crippen LogP contribution in [0.25, 0.3) is 0 Å². The first kappa shape index (κ1) is 15.3. The fraction of sp³-hybridized carbons (Fsp3) is 0.0667. The third kappa shape index (κ3) is 3.32. The average Bonchev–Trinajstić information content (AvgIpc) is 2.50. The van der Waals surface area contributed by atoms with Crippen LogP contribution in [-0.4, -0.2) is 33.7 Å². The molecular formula is C15H11FO6. The van der Waals surface area contributed by atoms with Crippen molar-refractivity contribution in [2.75, 3.05) is 6.61 Å². The molecular weight excluding hydrogens is 295 g/mol. The van der Waals surface area contributed by atoms with Gasteiger partial charge in [0.2, 0.25) is 0 Å². The number of aromatic hydroxyl groups is 3. The van der Waals surface area contributed by atoms with Gasteiger partial charge in [-0.2, -0.15) is 0 Å². The second kappa shape index (κ2) is 6.13. The smallest absolute Gasteiger partial charge is 0.338 e. The Labute approximate surface area is 124 Å². The Morgan fingerprint density at radius 2 is 1.50 bits per heavy atom. The number of esters is 1. The summed E-state index contributed by atoms with van der Waals surface area (Å²) in [4.78, 5) is 23.5. The van der Waals surface area contributed by atoms with Crippen molar-refractivity contribution in [2.24, 2.45) is 0 Å². The molecule has 2 aromatic rings. The SMILES string of the molecule is O=C(COC(=O)c1cc(O)c(O)c(O)c1)c1ccc(F)cc1. The number of Topliss-reactive ketones (excluding diaryl/α,β-unsaturated/α-hetero) is 1. The molecule has 7 heteroatoms. The van der Waals surface area contributed by atoms with Crippen LogP contribution >= 0.6 is 0 Å². The van der Waals surface area contributed by atoms with Crippen LogP contribution in [0.3, 0.4) is 0 Å². The van der Waals surface area contributed by atoms with Gasteiger partial charge in [-0.1, -0.05) is 0 Å². The number of benzene rings is 2. The summed E-state index contributed by atoms with van der Waals surface area (Å²) in [6.45, 7) is -0.590. The zero-order valence-corrected chi connectivity index (χ0v) is 11.1. The van der Waals surface area contributed by atoms with Gasteiger partial charge in [0.1, 0.15) is 5.82 Å². The van der Waals surface area contributed by atoms with Crippen LogP contribution in [0.1, 0.15) is 20.7 Å². The number of phenols is 3. The fourth-order valence-electron chi connectivity index (χ4n) is 1.66. The van der Waals surface area contributed by atoms with Gasteiger partial charge < -0.3 is 20.1 Å². The van der Waals surface area contributed by atoms with Gasteiger partial charge in [-0.05, 0) is 36.4 Å². The fourth-order valence-corrected chi connectivity index (χ4v) is 1.66. The Hall–Kier alpha value is -3.09. The highest BCUT2D eigenvalue weighted by molar-refractivity contribution is 5.99. The maximum atomic E-state index is 12.7. The number of halogens is 1. The molecule has 3 N–H and O–H groups in total. The Kier molecular flexibility index (Phi) is 4.26. The standard InChI is InChI=1S/C15H11FO6/c16-10-3-1-8(2-4-10)13(19)7-22-15(21)9-5-11(17)14(20)12(18)6-9/h1-6,17-18,20H,7H2. The van der Waals surface area contributed by atoms with Crippen molar-refractivity contribution in [1.29, 1.82) is 0 Å². The molecule has 6 nitrogen and oxygen atoms in total. The van der Waals surface area contributed by atoms with E-state index >= 15 is 0 Å². The summed E-state index contributed by atoms with van der Waals surface area (Å²) >= 11 is 0. The van der Waals surface area contributed by atoms with Crippen molar-refractivity contribution < 1.29 is 34.0 Å². The van der Waals surface area contributed by atoms with Crippen LogP contribution in [0.2, 0.25) is 0 Å². The Bertz CT molecular complexity index is 700. The molecule has 22 heavy (non-hydrogen) atoms. The summed E-state index contributed by atoms with van der Waals surface area (Å²) in [6, 6.07) is 6.49. The Balaban J connectivity index is 2.04. The Morgan fingerprint density at radius 1 is 0.955 bits per heavy atom. The minimum absolute atomic E-state index is 0.172. The summed E-state index contributed by atoms with van der Waals surface area (Å²) in [7, 11) is 0. The summed E-state index contributed by atoms with van der Waals surface area (Å²) in [5.41, 5.74) is -0.0645. The van der Waals surface area contributed by atoms with E-state index in [1.807, 2.05) is 0 Å². The molecule has 0 unspecified atom stereocenters. The lowest BCUT2D eigenvalue weighted by molar-refractivity contribution is 0.0474. The van der Waals surface area contributed by atoms with E-state index in [-0.39, 0.29) is 11.1 Å².